The van der Waals surface area contributed by atoms with Crippen LogP contribution in [0.5, 0.6) is 0 Å². The Bertz CT molecular complexity index is 662. The molecule has 122 valence electrons. The highest BCUT2D eigenvalue weighted by atomic mass is 16.6. The van der Waals surface area contributed by atoms with Gasteiger partial charge in [0.15, 0.2) is 0 Å². The Morgan fingerprint density at radius 3 is 2.74 bits per heavy atom. The second-order valence-electron chi connectivity index (χ2n) is 4.92. The lowest BCUT2D eigenvalue weighted by Crippen LogP contribution is -2.25. The molecule has 0 radical (unpaired) electrons. The van der Waals surface area contributed by atoms with Gasteiger partial charge in [-0.1, -0.05) is 12.6 Å². The lowest BCUT2D eigenvalue weighted by molar-refractivity contribution is -0.141. The minimum Gasteiger partial charge on any atom is -0.458 e. The van der Waals surface area contributed by atoms with Gasteiger partial charge in [-0.15, -0.1) is 0 Å². The van der Waals surface area contributed by atoms with Crippen LogP contribution in [0.15, 0.2) is 35.3 Å². The maximum Gasteiger partial charge on any atom is 0.412 e. The number of hydrogen-bond acceptors (Lipinski definition) is 6. The summed E-state index contributed by atoms with van der Waals surface area (Å²) in [7, 11) is 0. The van der Waals surface area contributed by atoms with Gasteiger partial charge in [-0.05, 0) is 38.5 Å². The first-order chi connectivity index (χ1) is 10.8. The molecule has 0 fully saturated rings. The number of amides is 1. The van der Waals surface area contributed by atoms with E-state index in [1.54, 1.807) is 26.0 Å². The number of nitrogens with one attached hydrogen (secondary N) is 1. The van der Waals surface area contributed by atoms with E-state index in [2.05, 4.69) is 16.9 Å². The molecule has 0 aromatic heterocycles. The number of nitrogens with zero attached hydrogens (tertiary/aromatic N) is 1. The Morgan fingerprint density at radius 1 is 1.43 bits per heavy atom. The average Bonchev–Trinajstić information content (AvgIpc) is 2.48. The summed E-state index contributed by atoms with van der Waals surface area (Å²) >= 11 is 0. The number of aryl methyl sites for hydroxylation is 1. The number of anilines is 1. The van der Waals surface area contributed by atoms with Crippen LogP contribution < -0.4 is 5.32 Å². The Morgan fingerprint density at radius 2 is 2.13 bits per heavy atom. The van der Waals surface area contributed by atoms with E-state index < -0.39 is 18.2 Å². The molecule has 1 aromatic carbocycles. The maximum atomic E-state index is 11.8. The van der Waals surface area contributed by atoms with Crippen LogP contribution in [0.2, 0.25) is 0 Å². The van der Waals surface area contributed by atoms with E-state index in [-0.39, 0.29) is 12.2 Å². The molecule has 1 N–H and O–H groups in total. The number of carbonyl (C=O) groups is 2. The second kappa shape index (κ2) is 8.51. The van der Waals surface area contributed by atoms with Crippen LogP contribution in [-0.2, 0) is 19.1 Å². The molecule has 7 heteroatoms. The molecule has 0 aliphatic heterocycles. The van der Waals surface area contributed by atoms with E-state index >= 15 is 0 Å². The highest BCUT2D eigenvalue weighted by molar-refractivity contribution is 5.87. The van der Waals surface area contributed by atoms with Gasteiger partial charge in [0, 0.05) is 11.3 Å². The summed E-state index contributed by atoms with van der Waals surface area (Å²) in [5.74, 6) is -0.545. The monoisotopic (exact) mass is 318 g/mol. The van der Waals surface area contributed by atoms with Crippen molar-refractivity contribution in [1.82, 2.24) is 0 Å². The van der Waals surface area contributed by atoms with Crippen molar-refractivity contribution in [2.75, 3.05) is 11.9 Å². The quantitative estimate of drug-likeness (QED) is 0.376. The fourth-order valence-corrected chi connectivity index (χ4v) is 1.54. The molecule has 1 atom stereocenters. The van der Waals surface area contributed by atoms with Crippen molar-refractivity contribution in [2.45, 2.75) is 26.9 Å². The third-order valence-electron chi connectivity index (χ3n) is 2.74. The fourth-order valence-electron chi connectivity index (χ4n) is 1.54. The summed E-state index contributed by atoms with van der Waals surface area (Å²) in [4.78, 5) is 36.8. The van der Waals surface area contributed by atoms with Gasteiger partial charge < -0.3 is 9.47 Å². The molecule has 0 aliphatic carbocycles. The van der Waals surface area contributed by atoms with Gasteiger partial charge >= 0.3 is 12.1 Å². The van der Waals surface area contributed by atoms with Crippen molar-refractivity contribution < 1.29 is 23.9 Å². The minimum atomic E-state index is -0.709. The number of carbonyl (C=O) groups excluding carboxylic acids is 3. The predicted octanol–water partition coefficient (Wildman–Crippen LogP) is 3.02. The highest BCUT2D eigenvalue weighted by Gasteiger charge is 2.13. The number of isocyanates is 1. The molecular formula is C16H18N2O5. The smallest absolute Gasteiger partial charge is 0.412 e. The number of ether oxygens (including phenoxy) is 2. The zero-order valence-electron chi connectivity index (χ0n) is 13.2. The molecular weight excluding hydrogens is 300 g/mol. The molecule has 0 saturated carbocycles. The largest absolute Gasteiger partial charge is 0.458 e. The first-order valence-electron chi connectivity index (χ1n) is 6.82. The topological polar surface area (TPSA) is 94.1 Å². The number of hydrogen-bond donors (Lipinski definition) is 1. The summed E-state index contributed by atoms with van der Waals surface area (Å²) in [6, 6.07) is 4.84. The van der Waals surface area contributed by atoms with Gasteiger partial charge in [-0.25, -0.2) is 14.4 Å². The molecule has 0 bridgehead atoms. The van der Waals surface area contributed by atoms with Gasteiger partial charge in [0.2, 0.25) is 6.08 Å². The van der Waals surface area contributed by atoms with Gasteiger partial charge in [0.1, 0.15) is 12.7 Å². The Balaban J connectivity index is 2.59. The van der Waals surface area contributed by atoms with Crippen LogP contribution in [0.25, 0.3) is 0 Å². The van der Waals surface area contributed by atoms with Crippen molar-refractivity contribution in [3.8, 4) is 0 Å². The summed E-state index contributed by atoms with van der Waals surface area (Å²) in [5, 5.41) is 2.54. The predicted molar refractivity (Wildman–Crippen MR) is 84.3 cm³/mol. The van der Waals surface area contributed by atoms with E-state index in [9.17, 15) is 14.4 Å². The van der Waals surface area contributed by atoms with E-state index in [0.717, 1.165) is 5.56 Å². The summed E-state index contributed by atoms with van der Waals surface area (Å²) < 4.78 is 9.96. The van der Waals surface area contributed by atoms with E-state index in [1.165, 1.54) is 19.1 Å². The van der Waals surface area contributed by atoms with E-state index in [4.69, 9.17) is 9.47 Å². The van der Waals surface area contributed by atoms with Crippen LogP contribution in [0.4, 0.5) is 16.2 Å². The molecule has 1 aromatic rings. The number of esters is 1. The van der Waals surface area contributed by atoms with Gasteiger partial charge in [-0.2, -0.15) is 4.99 Å². The summed E-state index contributed by atoms with van der Waals surface area (Å²) in [6.07, 6.45) is 0.0892. The molecule has 0 heterocycles. The normalized spacial score (nSPS) is 10.9. The molecule has 23 heavy (non-hydrogen) atoms. The molecule has 1 unspecified atom stereocenters. The van der Waals surface area contributed by atoms with Crippen molar-refractivity contribution in [1.29, 1.82) is 0 Å². The lowest BCUT2D eigenvalue weighted by atomic mass is 10.2. The Kier molecular flexibility index (Phi) is 6.70. The molecule has 1 amide bonds. The molecule has 0 spiro atoms. The van der Waals surface area contributed by atoms with Crippen molar-refractivity contribution >= 4 is 29.5 Å². The number of aliphatic imine (C=N–C) groups is 1. The van der Waals surface area contributed by atoms with Crippen molar-refractivity contribution in [3.63, 3.8) is 0 Å². The van der Waals surface area contributed by atoms with Crippen LogP contribution in [0.1, 0.15) is 19.4 Å². The maximum absolute atomic E-state index is 11.8. The zero-order chi connectivity index (χ0) is 17.4. The molecule has 1 rings (SSSR count). The second-order valence-corrected chi connectivity index (χ2v) is 4.92. The third kappa shape index (κ3) is 6.15. The number of rotatable bonds is 6. The standard InChI is InChI=1S/C16H18N2O5/c1-10(2)15(20)22-8-12(4)23-16(21)18-14-7-13(17-9-19)6-5-11(14)3/h5-7,12H,1,8H2,2-4H3,(H,18,21). The first kappa shape index (κ1) is 18.1. The lowest BCUT2D eigenvalue weighted by Gasteiger charge is -2.15. The van der Waals surface area contributed by atoms with Gasteiger partial charge in [-0.3, -0.25) is 5.32 Å². The first-order valence-corrected chi connectivity index (χ1v) is 6.82. The van der Waals surface area contributed by atoms with Crippen LogP contribution in [0.3, 0.4) is 0 Å². The SMILES string of the molecule is C=C(C)C(=O)OCC(C)OC(=O)Nc1cc(N=C=O)ccc1C. The third-order valence-corrected chi connectivity index (χ3v) is 2.74. The minimum absolute atomic E-state index is 0.0758. The van der Waals surface area contributed by atoms with E-state index in [1.807, 2.05) is 0 Å². The highest BCUT2D eigenvalue weighted by Crippen LogP contribution is 2.22. The van der Waals surface area contributed by atoms with E-state index in [0.29, 0.717) is 11.4 Å². The van der Waals surface area contributed by atoms with Gasteiger partial charge in [0.05, 0.1) is 5.69 Å². The molecule has 0 saturated heterocycles. The Labute approximate surface area is 134 Å². The van der Waals surface area contributed by atoms with Crippen LogP contribution in [0, 0.1) is 6.92 Å². The van der Waals surface area contributed by atoms with Crippen molar-refractivity contribution in [3.05, 3.63) is 35.9 Å². The van der Waals surface area contributed by atoms with Crippen LogP contribution >= 0.6 is 0 Å². The van der Waals surface area contributed by atoms with Crippen molar-refractivity contribution in [2.24, 2.45) is 4.99 Å². The molecule has 7 nitrogen and oxygen atoms in total. The summed E-state index contributed by atoms with van der Waals surface area (Å²) in [5.41, 5.74) is 1.86. The number of benzene rings is 1. The Hall–Kier alpha value is -2.92. The van der Waals surface area contributed by atoms with Crippen LogP contribution in [-0.4, -0.2) is 30.9 Å². The fraction of sp³-hybridized carbons (Fsp3) is 0.312. The zero-order valence-corrected chi connectivity index (χ0v) is 13.2. The molecule has 0 aliphatic rings. The average molecular weight is 318 g/mol. The van der Waals surface area contributed by atoms with Gasteiger partial charge in [0.25, 0.3) is 0 Å². The summed E-state index contributed by atoms with van der Waals surface area (Å²) in [6.45, 7) is 8.27.